The molecule has 308 valence electrons. The van der Waals surface area contributed by atoms with E-state index in [1.54, 1.807) is 38.1 Å². The minimum atomic E-state index is -0.659. The van der Waals surface area contributed by atoms with E-state index in [1.807, 2.05) is 13.8 Å². The number of hydrogen-bond acceptors (Lipinski definition) is 8. The highest BCUT2D eigenvalue weighted by Gasteiger charge is 2.41. The van der Waals surface area contributed by atoms with Gasteiger partial charge in [0.25, 0.3) is 45.9 Å². The van der Waals surface area contributed by atoms with Crippen molar-refractivity contribution in [3.63, 3.8) is 0 Å². The number of carbonyl (C=O) groups is 4. The fourth-order valence-electron chi connectivity index (χ4n) is 9.34. The Kier molecular flexibility index (Phi) is 10.4. The summed E-state index contributed by atoms with van der Waals surface area (Å²) in [5, 5.41) is 0.781. The number of carbonyl (C=O) groups excluding carboxylic acids is 4. The van der Waals surface area contributed by atoms with Crippen molar-refractivity contribution in [2.75, 3.05) is 11.4 Å². The SMILES string of the molecule is CCCCC(CC)CN1C(=O)c2ccc3c4c(ccc(c24)C1=O)C(=O)N(c1cc(C)c(-n2c(=O)c4cc5c(=O)n(CC(CC)CCCC)c(=O)c5cc4c2=O)cc1C)C3=O. The third-order valence-corrected chi connectivity index (χ3v) is 12.9. The van der Waals surface area contributed by atoms with Crippen molar-refractivity contribution in [1.82, 2.24) is 14.0 Å². The van der Waals surface area contributed by atoms with Gasteiger partial charge in [-0.3, -0.25) is 47.8 Å². The molecule has 0 radical (unpaired) electrons. The number of hydrogen-bond donors (Lipinski definition) is 0. The average Bonchev–Trinajstić information content (AvgIpc) is 3.62. The largest absolute Gasteiger partial charge is 0.274 e. The summed E-state index contributed by atoms with van der Waals surface area (Å²) in [7, 11) is 0. The van der Waals surface area contributed by atoms with Crippen LogP contribution in [-0.2, 0) is 6.54 Å². The zero-order valence-corrected chi connectivity index (χ0v) is 34.9. The van der Waals surface area contributed by atoms with Crippen LogP contribution < -0.4 is 27.1 Å². The molecule has 8 rings (SSSR count). The lowest BCUT2D eigenvalue weighted by atomic mass is 9.85. The van der Waals surface area contributed by atoms with Gasteiger partial charge in [-0.25, -0.2) is 9.47 Å². The number of imide groups is 2. The monoisotopic (exact) mass is 808 g/mol. The van der Waals surface area contributed by atoms with Gasteiger partial charge in [0, 0.05) is 46.1 Å². The van der Waals surface area contributed by atoms with Crippen molar-refractivity contribution in [2.24, 2.45) is 11.8 Å². The minimum absolute atomic E-state index is 0.0145. The Morgan fingerprint density at radius 2 is 0.883 bits per heavy atom. The molecule has 6 aromatic rings. The maximum Gasteiger partial charge on any atom is 0.266 e. The lowest BCUT2D eigenvalue weighted by molar-refractivity contribution is 0.0578. The molecule has 0 saturated heterocycles. The molecule has 0 saturated carbocycles. The molecule has 2 aliphatic heterocycles. The second-order valence-electron chi connectivity index (χ2n) is 16.6. The Morgan fingerprint density at radius 1 is 0.483 bits per heavy atom. The van der Waals surface area contributed by atoms with Crippen LogP contribution in [-0.4, -0.2) is 44.2 Å². The van der Waals surface area contributed by atoms with Gasteiger partial charge in [0.2, 0.25) is 0 Å². The van der Waals surface area contributed by atoms with E-state index in [0.717, 1.165) is 60.8 Å². The van der Waals surface area contributed by atoms with E-state index in [9.17, 15) is 38.4 Å². The first kappa shape index (κ1) is 40.5. The van der Waals surface area contributed by atoms with Gasteiger partial charge in [0.05, 0.1) is 32.9 Å². The van der Waals surface area contributed by atoms with Crippen LogP contribution in [0.1, 0.15) is 132 Å². The summed E-state index contributed by atoms with van der Waals surface area (Å²) in [5.41, 5.74) is -0.140. The number of fused-ring (bicyclic) bond motifs is 2. The lowest BCUT2D eigenvalue weighted by Gasteiger charge is -2.33. The third kappa shape index (κ3) is 6.09. The van der Waals surface area contributed by atoms with Crippen molar-refractivity contribution in [2.45, 2.75) is 99.5 Å². The predicted molar refractivity (Wildman–Crippen MR) is 233 cm³/mol. The number of unbranched alkanes of at least 4 members (excludes halogenated alkanes) is 2. The lowest BCUT2D eigenvalue weighted by Crippen LogP contribution is -2.45. The summed E-state index contributed by atoms with van der Waals surface area (Å²) in [6.07, 6.45) is 7.38. The maximum absolute atomic E-state index is 14.4. The molecule has 60 heavy (non-hydrogen) atoms. The smallest absolute Gasteiger partial charge is 0.266 e. The molecular formula is C48H48N4O8. The van der Waals surface area contributed by atoms with Crippen LogP contribution >= 0.6 is 0 Å². The molecule has 12 nitrogen and oxygen atoms in total. The summed E-state index contributed by atoms with van der Waals surface area (Å²) in [6, 6.07) is 12.0. The van der Waals surface area contributed by atoms with E-state index in [4.69, 9.17) is 0 Å². The fraction of sp³-hybridized carbons (Fsp3) is 0.375. The molecule has 0 N–H and O–H groups in total. The van der Waals surface area contributed by atoms with E-state index in [-0.39, 0.29) is 78.9 Å². The fourth-order valence-corrected chi connectivity index (χ4v) is 9.34. The van der Waals surface area contributed by atoms with Crippen LogP contribution in [0.4, 0.5) is 5.69 Å². The van der Waals surface area contributed by atoms with E-state index in [0.29, 0.717) is 23.1 Å². The highest BCUT2D eigenvalue weighted by atomic mass is 16.2. The van der Waals surface area contributed by atoms with Crippen LogP contribution in [0, 0.1) is 25.7 Å². The Labute approximate surface area is 345 Å². The van der Waals surface area contributed by atoms with Crippen LogP contribution in [0.2, 0.25) is 0 Å². The van der Waals surface area contributed by atoms with Gasteiger partial charge >= 0.3 is 0 Å². The zero-order chi connectivity index (χ0) is 42.9. The number of aromatic nitrogens is 2. The quantitative estimate of drug-likeness (QED) is 0.103. The van der Waals surface area contributed by atoms with Crippen LogP contribution in [0.3, 0.4) is 0 Å². The average molecular weight is 809 g/mol. The first-order chi connectivity index (χ1) is 28.8. The molecule has 2 aliphatic rings. The Bertz CT molecular complexity index is 2900. The number of nitrogens with zero attached hydrogens (tertiary/aromatic N) is 4. The Balaban J connectivity index is 1.15. The Hall–Kier alpha value is -6.30. The summed E-state index contributed by atoms with van der Waals surface area (Å²) in [6.45, 7) is 12.1. The number of amides is 4. The molecule has 0 fully saturated rings. The normalized spacial score (nSPS) is 15.0. The first-order valence-electron chi connectivity index (χ1n) is 21.2. The molecule has 0 spiro atoms. The van der Waals surface area contributed by atoms with Gasteiger partial charge in [-0.05, 0) is 98.2 Å². The zero-order valence-electron chi connectivity index (χ0n) is 34.9. The molecule has 2 atom stereocenters. The molecule has 12 heteroatoms. The van der Waals surface area contributed by atoms with Crippen LogP contribution in [0.25, 0.3) is 38.0 Å². The van der Waals surface area contributed by atoms with Crippen LogP contribution in [0.15, 0.2) is 67.7 Å². The standard InChI is InChI=1S/C48H48N4O8/c1-7-11-13-27(9-3)23-49-41(53)29-15-17-31-40-32(18-16-30(39(29)40)42(49)54)46(58)51(45(31)57)37-19-26(6)38(20-25(37)5)52-47(59)35-21-33-34(22-36(35)48(52)60)44(56)50(43(33)55)24-28(10-4)14-12-8-2/h15-22,27-28H,7-14,23-24H2,1-6H3. The second-order valence-corrected chi connectivity index (χ2v) is 16.6. The van der Waals surface area contributed by atoms with Crippen molar-refractivity contribution >= 4 is 61.6 Å². The molecule has 2 unspecified atom stereocenters. The number of benzene rings is 4. The molecule has 4 amide bonds. The summed E-state index contributed by atoms with van der Waals surface area (Å²) in [4.78, 5) is 114. The van der Waals surface area contributed by atoms with E-state index in [1.165, 1.54) is 33.7 Å². The van der Waals surface area contributed by atoms with Crippen LogP contribution in [0.5, 0.6) is 0 Å². The molecule has 4 aromatic carbocycles. The second kappa shape index (κ2) is 15.4. The minimum Gasteiger partial charge on any atom is -0.274 e. The van der Waals surface area contributed by atoms with Gasteiger partial charge in [-0.2, -0.15) is 0 Å². The van der Waals surface area contributed by atoms with Gasteiger partial charge in [0.15, 0.2) is 0 Å². The Morgan fingerprint density at radius 3 is 1.33 bits per heavy atom. The number of aryl methyl sites for hydroxylation is 2. The topological polar surface area (TPSA) is 153 Å². The van der Waals surface area contributed by atoms with Crippen molar-refractivity contribution in [3.05, 3.63) is 123 Å². The molecule has 0 aliphatic carbocycles. The van der Waals surface area contributed by atoms with Crippen molar-refractivity contribution < 1.29 is 19.2 Å². The summed E-state index contributed by atoms with van der Waals surface area (Å²) < 4.78 is 2.22. The molecular weight excluding hydrogens is 761 g/mol. The van der Waals surface area contributed by atoms with Gasteiger partial charge in [-0.15, -0.1) is 0 Å². The molecule has 0 bridgehead atoms. The van der Waals surface area contributed by atoms with Gasteiger partial charge in [0.1, 0.15) is 0 Å². The maximum atomic E-state index is 14.4. The van der Waals surface area contributed by atoms with Crippen molar-refractivity contribution in [1.29, 1.82) is 0 Å². The van der Waals surface area contributed by atoms with Gasteiger partial charge < -0.3 is 0 Å². The molecule has 4 heterocycles. The predicted octanol–water partition coefficient (Wildman–Crippen LogP) is 7.50. The summed E-state index contributed by atoms with van der Waals surface area (Å²) >= 11 is 0. The number of anilines is 1. The van der Waals surface area contributed by atoms with Crippen molar-refractivity contribution in [3.8, 4) is 5.69 Å². The van der Waals surface area contributed by atoms with E-state index in [2.05, 4.69) is 13.8 Å². The highest BCUT2D eigenvalue weighted by molar-refractivity contribution is 6.39. The van der Waals surface area contributed by atoms with E-state index < -0.39 is 45.9 Å². The molecule has 2 aromatic heterocycles. The third-order valence-electron chi connectivity index (χ3n) is 12.9. The summed E-state index contributed by atoms with van der Waals surface area (Å²) in [5.74, 6) is -1.88. The van der Waals surface area contributed by atoms with Gasteiger partial charge in [-0.1, -0.05) is 66.2 Å². The highest BCUT2D eigenvalue weighted by Crippen LogP contribution is 2.40. The van der Waals surface area contributed by atoms with E-state index >= 15 is 0 Å². The first-order valence-corrected chi connectivity index (χ1v) is 21.2. The number of rotatable bonds is 14.